The third-order valence-electron chi connectivity index (χ3n) is 3.21. The highest BCUT2D eigenvalue weighted by Crippen LogP contribution is 2.26. The molecule has 2 atom stereocenters. The summed E-state index contributed by atoms with van der Waals surface area (Å²) < 4.78 is 0.881. The third kappa shape index (κ3) is 3.45. The summed E-state index contributed by atoms with van der Waals surface area (Å²) in [7, 11) is 2.18. The molecule has 4 heteroatoms. The van der Waals surface area contributed by atoms with Gasteiger partial charge in [-0.05, 0) is 44.4 Å². The van der Waals surface area contributed by atoms with Crippen molar-refractivity contribution in [1.82, 2.24) is 4.90 Å². The zero-order valence-corrected chi connectivity index (χ0v) is 11.2. The Morgan fingerprint density at radius 1 is 1.50 bits per heavy atom. The predicted octanol–water partition coefficient (Wildman–Crippen LogP) is 2.96. The van der Waals surface area contributed by atoms with Crippen LogP contribution >= 0.6 is 22.9 Å². The van der Waals surface area contributed by atoms with E-state index in [1.807, 2.05) is 6.07 Å². The van der Waals surface area contributed by atoms with Gasteiger partial charge in [-0.1, -0.05) is 11.6 Å². The molecule has 0 aliphatic heterocycles. The number of nitrogens with zero attached hydrogens (tertiary/aromatic N) is 1. The molecule has 0 saturated heterocycles. The molecule has 2 nitrogen and oxygen atoms in total. The lowest BCUT2D eigenvalue weighted by atomic mass is 10.1. The van der Waals surface area contributed by atoms with E-state index in [2.05, 4.69) is 18.0 Å². The van der Waals surface area contributed by atoms with Gasteiger partial charge in [0.2, 0.25) is 0 Å². The minimum atomic E-state index is 0.439. The fraction of sp³-hybridized carbons (Fsp3) is 0.667. The van der Waals surface area contributed by atoms with Crippen LogP contribution in [0.15, 0.2) is 12.1 Å². The second-order valence-electron chi connectivity index (χ2n) is 4.84. The first-order valence-electron chi connectivity index (χ1n) is 5.82. The van der Waals surface area contributed by atoms with E-state index in [1.165, 1.54) is 24.1 Å². The molecule has 1 fully saturated rings. The number of hydrogen-bond donors (Lipinski definition) is 1. The van der Waals surface area contributed by atoms with Gasteiger partial charge in [-0.2, -0.15) is 0 Å². The van der Waals surface area contributed by atoms with Gasteiger partial charge in [0.1, 0.15) is 0 Å². The molecule has 16 heavy (non-hydrogen) atoms. The number of rotatable bonds is 4. The van der Waals surface area contributed by atoms with Crippen molar-refractivity contribution in [3.8, 4) is 0 Å². The van der Waals surface area contributed by atoms with Crippen LogP contribution in [0, 0.1) is 5.92 Å². The molecule has 1 aliphatic rings. The summed E-state index contributed by atoms with van der Waals surface area (Å²) >= 11 is 7.59. The number of nitrogens with two attached hydrogens (primary N) is 1. The molecule has 2 unspecified atom stereocenters. The van der Waals surface area contributed by atoms with Gasteiger partial charge in [0.15, 0.2) is 0 Å². The quantitative estimate of drug-likeness (QED) is 0.900. The second-order valence-corrected chi connectivity index (χ2v) is 6.64. The van der Waals surface area contributed by atoms with Crippen LogP contribution in [0.25, 0.3) is 0 Å². The molecular weight excluding hydrogens is 240 g/mol. The summed E-state index contributed by atoms with van der Waals surface area (Å²) in [6, 6.07) is 4.53. The molecule has 0 radical (unpaired) electrons. The van der Waals surface area contributed by atoms with E-state index in [-0.39, 0.29) is 0 Å². The highest BCUT2D eigenvalue weighted by atomic mass is 35.5. The van der Waals surface area contributed by atoms with Gasteiger partial charge in [-0.25, -0.2) is 0 Å². The summed E-state index contributed by atoms with van der Waals surface area (Å²) in [5, 5.41) is 0. The average molecular weight is 259 g/mol. The Balaban J connectivity index is 1.78. The molecule has 2 N–H and O–H groups in total. The zero-order valence-electron chi connectivity index (χ0n) is 9.66. The SMILES string of the molecule is CN(Cc1ccc(Cl)s1)CC1CCC(N)C1. The summed E-state index contributed by atoms with van der Waals surface area (Å²) in [5.41, 5.74) is 5.92. The highest BCUT2D eigenvalue weighted by molar-refractivity contribution is 7.16. The van der Waals surface area contributed by atoms with E-state index in [0.717, 1.165) is 23.3 Å². The Morgan fingerprint density at radius 3 is 2.88 bits per heavy atom. The normalized spacial score (nSPS) is 25.5. The Labute approximate surface area is 106 Å². The lowest BCUT2D eigenvalue weighted by molar-refractivity contribution is 0.272. The predicted molar refractivity (Wildman–Crippen MR) is 71.0 cm³/mol. The first kappa shape index (κ1) is 12.4. The van der Waals surface area contributed by atoms with E-state index >= 15 is 0 Å². The number of hydrogen-bond acceptors (Lipinski definition) is 3. The van der Waals surface area contributed by atoms with Crippen LogP contribution in [0.2, 0.25) is 4.34 Å². The maximum atomic E-state index is 5.92. The fourth-order valence-electron chi connectivity index (χ4n) is 2.49. The molecule has 0 bridgehead atoms. The van der Waals surface area contributed by atoms with Crippen molar-refractivity contribution in [2.45, 2.75) is 31.8 Å². The largest absolute Gasteiger partial charge is 0.328 e. The lowest BCUT2D eigenvalue weighted by Crippen LogP contribution is -2.25. The van der Waals surface area contributed by atoms with Crippen molar-refractivity contribution in [3.63, 3.8) is 0 Å². The fourth-order valence-corrected chi connectivity index (χ4v) is 3.66. The Hall–Kier alpha value is -0.0900. The van der Waals surface area contributed by atoms with Crippen molar-refractivity contribution < 1.29 is 0 Å². The van der Waals surface area contributed by atoms with Crippen molar-refractivity contribution in [3.05, 3.63) is 21.3 Å². The maximum Gasteiger partial charge on any atom is 0.0931 e. The molecular formula is C12H19ClN2S. The lowest BCUT2D eigenvalue weighted by Gasteiger charge is -2.20. The molecule has 2 rings (SSSR count). The molecule has 1 heterocycles. The van der Waals surface area contributed by atoms with Crippen molar-refractivity contribution >= 4 is 22.9 Å². The first-order valence-corrected chi connectivity index (χ1v) is 7.01. The van der Waals surface area contributed by atoms with Gasteiger partial charge in [-0.15, -0.1) is 11.3 Å². The molecule has 0 spiro atoms. The summed E-state index contributed by atoms with van der Waals surface area (Å²) in [6.07, 6.45) is 3.68. The summed E-state index contributed by atoms with van der Waals surface area (Å²) in [4.78, 5) is 3.72. The molecule has 0 amide bonds. The van der Waals surface area contributed by atoms with Crippen molar-refractivity contribution in [2.24, 2.45) is 11.7 Å². The number of halogens is 1. The smallest absolute Gasteiger partial charge is 0.0931 e. The van der Waals surface area contributed by atoms with E-state index < -0.39 is 0 Å². The van der Waals surface area contributed by atoms with Gasteiger partial charge in [0.25, 0.3) is 0 Å². The second kappa shape index (κ2) is 5.50. The Kier molecular flexibility index (Phi) is 4.25. The monoisotopic (exact) mass is 258 g/mol. The van der Waals surface area contributed by atoms with Gasteiger partial charge >= 0.3 is 0 Å². The Bertz CT molecular complexity index is 340. The minimum Gasteiger partial charge on any atom is -0.328 e. The molecule has 1 aromatic heterocycles. The average Bonchev–Trinajstić information content (AvgIpc) is 2.76. The van der Waals surface area contributed by atoms with Crippen LogP contribution in [0.5, 0.6) is 0 Å². The molecule has 1 aromatic rings. The van der Waals surface area contributed by atoms with Crippen LogP contribution in [0.3, 0.4) is 0 Å². The maximum absolute atomic E-state index is 5.92. The third-order valence-corrected chi connectivity index (χ3v) is 4.42. The van der Waals surface area contributed by atoms with E-state index in [9.17, 15) is 0 Å². The van der Waals surface area contributed by atoms with E-state index in [0.29, 0.717) is 6.04 Å². The Morgan fingerprint density at radius 2 is 2.31 bits per heavy atom. The van der Waals surface area contributed by atoms with Crippen LogP contribution < -0.4 is 5.73 Å². The van der Waals surface area contributed by atoms with E-state index in [1.54, 1.807) is 11.3 Å². The van der Waals surface area contributed by atoms with Gasteiger partial charge < -0.3 is 10.6 Å². The molecule has 90 valence electrons. The first-order chi connectivity index (χ1) is 7.63. The van der Waals surface area contributed by atoms with Crippen molar-refractivity contribution in [1.29, 1.82) is 0 Å². The van der Waals surface area contributed by atoms with Gasteiger partial charge in [0, 0.05) is 24.0 Å². The van der Waals surface area contributed by atoms with Crippen molar-refractivity contribution in [2.75, 3.05) is 13.6 Å². The van der Waals surface area contributed by atoms with Gasteiger partial charge in [0.05, 0.1) is 4.34 Å². The topological polar surface area (TPSA) is 29.3 Å². The van der Waals surface area contributed by atoms with Gasteiger partial charge in [-0.3, -0.25) is 0 Å². The molecule has 1 aliphatic carbocycles. The summed E-state index contributed by atoms with van der Waals surface area (Å²) in [6.45, 7) is 2.16. The van der Waals surface area contributed by atoms with Crippen LogP contribution in [0.4, 0.5) is 0 Å². The molecule has 1 saturated carbocycles. The van der Waals surface area contributed by atoms with Crippen LogP contribution in [0.1, 0.15) is 24.1 Å². The summed E-state index contributed by atoms with van der Waals surface area (Å²) in [5.74, 6) is 0.787. The van der Waals surface area contributed by atoms with E-state index in [4.69, 9.17) is 17.3 Å². The standard InChI is InChI=1S/C12H19ClN2S/c1-15(7-9-2-3-10(14)6-9)8-11-4-5-12(13)16-11/h4-5,9-10H,2-3,6-8,14H2,1H3. The van der Waals surface area contributed by atoms with Crippen LogP contribution in [-0.2, 0) is 6.54 Å². The molecule has 0 aromatic carbocycles. The zero-order chi connectivity index (χ0) is 11.5. The van der Waals surface area contributed by atoms with Crippen LogP contribution in [-0.4, -0.2) is 24.5 Å². The highest BCUT2D eigenvalue weighted by Gasteiger charge is 2.22. The number of thiophene rings is 1. The minimum absolute atomic E-state index is 0.439.